The molecule has 1 saturated heterocycles. The van der Waals surface area contributed by atoms with Crippen LogP contribution in [0.25, 0.3) is 6.08 Å². The van der Waals surface area contributed by atoms with Gasteiger partial charge < -0.3 is 10.2 Å². The largest absolute Gasteiger partial charge is 0.352 e. The van der Waals surface area contributed by atoms with Crippen LogP contribution in [0.1, 0.15) is 62.5 Å². The number of benzene rings is 1. The number of fused-ring (bicyclic) bond motifs is 1. The van der Waals surface area contributed by atoms with Crippen LogP contribution in [-0.2, 0) is 9.59 Å². The summed E-state index contributed by atoms with van der Waals surface area (Å²) < 4.78 is 0. The first-order valence-corrected chi connectivity index (χ1v) is 11.5. The number of hydrogen-bond acceptors (Lipinski definition) is 3. The zero-order chi connectivity index (χ0) is 19.5. The van der Waals surface area contributed by atoms with Crippen LogP contribution < -0.4 is 5.32 Å². The number of aryl methyl sites for hydroxylation is 1. The zero-order valence-corrected chi connectivity index (χ0v) is 17.5. The third-order valence-corrected chi connectivity index (χ3v) is 7.73. The molecule has 2 saturated carbocycles. The predicted molar refractivity (Wildman–Crippen MR) is 115 cm³/mol. The summed E-state index contributed by atoms with van der Waals surface area (Å²) in [7, 11) is 0. The van der Waals surface area contributed by atoms with Crippen molar-refractivity contribution in [2.75, 3.05) is 6.54 Å². The van der Waals surface area contributed by atoms with Crippen LogP contribution >= 0.6 is 11.8 Å². The van der Waals surface area contributed by atoms with Gasteiger partial charge in [-0.1, -0.05) is 49.9 Å². The molecule has 1 heterocycles. The van der Waals surface area contributed by atoms with Gasteiger partial charge in [0.1, 0.15) is 6.54 Å². The molecule has 3 aliphatic rings. The second kappa shape index (κ2) is 8.73. The fourth-order valence-corrected chi connectivity index (χ4v) is 6.21. The van der Waals surface area contributed by atoms with E-state index in [-0.39, 0.29) is 24.4 Å². The highest BCUT2D eigenvalue weighted by Gasteiger charge is 2.41. The molecule has 0 bridgehead atoms. The maximum absolute atomic E-state index is 13.3. The molecular formula is C23H30N2O2S. The lowest BCUT2D eigenvalue weighted by Gasteiger charge is -2.44. The summed E-state index contributed by atoms with van der Waals surface area (Å²) in [6.07, 6.45) is 11.0. The highest BCUT2D eigenvalue weighted by atomic mass is 32.2. The molecule has 1 aromatic carbocycles. The first-order chi connectivity index (χ1) is 13.6. The summed E-state index contributed by atoms with van der Waals surface area (Å²) >= 11 is 1.73. The number of carbonyl (C=O) groups excluding carboxylic acids is 2. The fourth-order valence-electron chi connectivity index (χ4n) is 4.75. The molecule has 1 aliphatic heterocycles. The molecular weight excluding hydrogens is 368 g/mol. The Morgan fingerprint density at radius 2 is 1.86 bits per heavy atom. The molecule has 2 amide bonds. The standard InChI is InChI=1S/C23H30N2O2S/c1-16-8-2-3-9-17(16)14-21-23(27)25(19-12-6-7-13-20(19)28-21)15-22(26)24-18-10-4-5-11-18/h2-3,8-9,14,18-20H,4-7,10-13,15H2,1H3,(H,24,26)/b21-14-. The minimum atomic E-state index is 0.00622. The van der Waals surface area contributed by atoms with Crippen molar-refractivity contribution in [3.63, 3.8) is 0 Å². The van der Waals surface area contributed by atoms with E-state index in [2.05, 4.69) is 24.4 Å². The number of nitrogens with one attached hydrogen (secondary N) is 1. The van der Waals surface area contributed by atoms with Crippen molar-refractivity contribution < 1.29 is 9.59 Å². The van der Waals surface area contributed by atoms with Crippen LogP contribution in [0.15, 0.2) is 29.2 Å². The Hall–Kier alpha value is -1.75. The lowest BCUT2D eigenvalue weighted by atomic mass is 9.93. The van der Waals surface area contributed by atoms with Crippen molar-refractivity contribution in [1.82, 2.24) is 10.2 Å². The second-order valence-electron chi connectivity index (χ2n) is 8.36. The lowest BCUT2D eigenvalue weighted by molar-refractivity contribution is -0.135. The van der Waals surface area contributed by atoms with Gasteiger partial charge in [0.05, 0.1) is 4.91 Å². The van der Waals surface area contributed by atoms with Crippen LogP contribution in [0.5, 0.6) is 0 Å². The molecule has 2 aliphatic carbocycles. The van der Waals surface area contributed by atoms with Gasteiger partial charge in [-0.15, -0.1) is 11.8 Å². The van der Waals surface area contributed by atoms with E-state index in [1.54, 1.807) is 11.8 Å². The quantitative estimate of drug-likeness (QED) is 0.770. The number of carbonyl (C=O) groups is 2. The Labute approximate surface area is 172 Å². The molecule has 4 nitrogen and oxygen atoms in total. The number of nitrogens with zero attached hydrogens (tertiary/aromatic N) is 1. The van der Waals surface area contributed by atoms with Crippen LogP contribution in [0, 0.1) is 6.92 Å². The van der Waals surface area contributed by atoms with E-state index in [9.17, 15) is 9.59 Å². The minimum Gasteiger partial charge on any atom is -0.352 e. The van der Waals surface area contributed by atoms with Gasteiger partial charge in [-0.05, 0) is 49.8 Å². The number of thioether (sulfide) groups is 1. The topological polar surface area (TPSA) is 49.4 Å². The Bertz CT molecular complexity index is 770. The van der Waals surface area contributed by atoms with Crippen molar-refractivity contribution in [2.45, 2.75) is 75.6 Å². The van der Waals surface area contributed by atoms with Crippen molar-refractivity contribution in [3.8, 4) is 0 Å². The van der Waals surface area contributed by atoms with E-state index in [1.165, 1.54) is 24.8 Å². The predicted octanol–water partition coefficient (Wildman–Crippen LogP) is 4.28. The van der Waals surface area contributed by atoms with Crippen LogP contribution in [-0.4, -0.2) is 40.6 Å². The Morgan fingerprint density at radius 1 is 1.14 bits per heavy atom. The highest BCUT2D eigenvalue weighted by Crippen LogP contribution is 2.42. The first-order valence-electron chi connectivity index (χ1n) is 10.7. The molecule has 150 valence electrons. The van der Waals surface area contributed by atoms with E-state index in [0.717, 1.165) is 42.6 Å². The van der Waals surface area contributed by atoms with Crippen molar-refractivity contribution >= 4 is 29.7 Å². The molecule has 0 spiro atoms. The van der Waals surface area contributed by atoms with E-state index in [0.29, 0.717) is 11.3 Å². The fraction of sp³-hybridized carbons (Fsp3) is 0.565. The van der Waals surface area contributed by atoms with Gasteiger partial charge in [0, 0.05) is 17.3 Å². The van der Waals surface area contributed by atoms with Gasteiger partial charge in [-0.3, -0.25) is 9.59 Å². The van der Waals surface area contributed by atoms with Crippen molar-refractivity contribution in [2.24, 2.45) is 0 Å². The molecule has 1 aromatic rings. The van der Waals surface area contributed by atoms with Gasteiger partial charge in [0.2, 0.25) is 5.91 Å². The van der Waals surface area contributed by atoms with Crippen molar-refractivity contribution in [3.05, 3.63) is 40.3 Å². The normalized spacial score (nSPS) is 27.1. The average molecular weight is 399 g/mol. The summed E-state index contributed by atoms with van der Waals surface area (Å²) in [4.78, 5) is 28.7. The molecule has 5 heteroatoms. The average Bonchev–Trinajstić information content (AvgIpc) is 3.19. The maximum atomic E-state index is 13.3. The first kappa shape index (κ1) is 19.6. The number of hydrogen-bond donors (Lipinski definition) is 1. The highest BCUT2D eigenvalue weighted by molar-refractivity contribution is 8.04. The summed E-state index contributed by atoms with van der Waals surface area (Å²) in [6, 6.07) is 8.64. The molecule has 2 atom stereocenters. The molecule has 4 rings (SSSR count). The maximum Gasteiger partial charge on any atom is 0.261 e. The van der Waals surface area contributed by atoms with Gasteiger partial charge in [-0.25, -0.2) is 0 Å². The molecule has 0 radical (unpaired) electrons. The third-order valence-electron chi connectivity index (χ3n) is 6.33. The number of rotatable bonds is 4. The van der Waals surface area contributed by atoms with E-state index in [1.807, 2.05) is 23.1 Å². The lowest BCUT2D eigenvalue weighted by Crippen LogP contribution is -2.55. The minimum absolute atomic E-state index is 0.00622. The second-order valence-corrected chi connectivity index (χ2v) is 9.64. The van der Waals surface area contributed by atoms with Gasteiger partial charge in [-0.2, -0.15) is 0 Å². The smallest absolute Gasteiger partial charge is 0.261 e. The monoisotopic (exact) mass is 398 g/mol. The van der Waals surface area contributed by atoms with Crippen molar-refractivity contribution in [1.29, 1.82) is 0 Å². The van der Waals surface area contributed by atoms with Gasteiger partial charge in [0.15, 0.2) is 0 Å². The SMILES string of the molecule is Cc1ccccc1/C=C1\SC2CCCCC2N(CC(=O)NC2CCCC2)C1=O. The Morgan fingerprint density at radius 3 is 2.64 bits per heavy atom. The molecule has 2 unspecified atom stereocenters. The van der Waals surface area contributed by atoms with E-state index >= 15 is 0 Å². The summed E-state index contributed by atoms with van der Waals surface area (Å²) in [5.74, 6) is 0.0321. The summed E-state index contributed by atoms with van der Waals surface area (Å²) in [5.41, 5.74) is 2.25. The van der Waals surface area contributed by atoms with Crippen LogP contribution in [0.3, 0.4) is 0 Å². The van der Waals surface area contributed by atoms with Gasteiger partial charge in [0.25, 0.3) is 5.91 Å². The van der Waals surface area contributed by atoms with Crippen LogP contribution in [0.2, 0.25) is 0 Å². The molecule has 3 fully saturated rings. The van der Waals surface area contributed by atoms with E-state index in [4.69, 9.17) is 0 Å². The molecule has 28 heavy (non-hydrogen) atoms. The molecule has 1 N–H and O–H groups in total. The Balaban J connectivity index is 1.54. The summed E-state index contributed by atoms with van der Waals surface area (Å²) in [5, 5.41) is 3.56. The molecule has 0 aromatic heterocycles. The third kappa shape index (κ3) is 4.29. The number of amides is 2. The zero-order valence-electron chi connectivity index (χ0n) is 16.7. The van der Waals surface area contributed by atoms with Gasteiger partial charge >= 0.3 is 0 Å². The van der Waals surface area contributed by atoms with Crippen LogP contribution in [0.4, 0.5) is 0 Å². The van der Waals surface area contributed by atoms with E-state index < -0.39 is 0 Å². The Kier molecular flexibility index (Phi) is 6.10. The summed E-state index contributed by atoms with van der Waals surface area (Å²) in [6.45, 7) is 2.27.